The van der Waals surface area contributed by atoms with Gasteiger partial charge in [0.15, 0.2) is 0 Å². The topological polar surface area (TPSA) is 33.2 Å². The molecule has 0 bridgehead atoms. The van der Waals surface area contributed by atoms with E-state index in [-0.39, 0.29) is 5.91 Å². The normalized spacial score (nSPS) is 15.8. The molecule has 1 aromatic rings. The second kappa shape index (κ2) is 3.10. The zero-order valence-corrected chi connectivity index (χ0v) is 8.60. The Labute approximate surface area is 81.5 Å². The highest BCUT2D eigenvalue weighted by Gasteiger charge is 2.30. The van der Waals surface area contributed by atoms with E-state index in [1.807, 2.05) is 24.3 Å². The van der Waals surface area contributed by atoms with Gasteiger partial charge in [-0.25, -0.2) is 0 Å². The van der Waals surface area contributed by atoms with Crippen LogP contribution in [0.5, 0.6) is 0 Å². The van der Waals surface area contributed by atoms with Gasteiger partial charge in [-0.15, -0.1) is 0 Å². The molecule has 4 heteroatoms. The van der Waals surface area contributed by atoms with Crippen molar-refractivity contribution in [2.24, 2.45) is 0 Å². The maximum absolute atomic E-state index is 11.8. The first-order chi connectivity index (χ1) is 6.20. The van der Waals surface area contributed by atoms with Crippen LogP contribution in [0.1, 0.15) is 28.9 Å². The summed E-state index contributed by atoms with van der Waals surface area (Å²) in [4.78, 5) is 13.6. The van der Waals surface area contributed by atoms with Gasteiger partial charge in [0.05, 0.1) is 11.3 Å². The summed E-state index contributed by atoms with van der Waals surface area (Å²) in [5, 5.41) is 1.83. The van der Waals surface area contributed by atoms with E-state index in [4.69, 9.17) is 0 Å². The average molecular weight is 196 g/mol. The van der Waals surface area contributed by atoms with Crippen molar-refractivity contribution in [3.63, 3.8) is 0 Å². The molecule has 1 amide bonds. The summed E-state index contributed by atoms with van der Waals surface area (Å²) < 4.78 is 4.09. The molecule has 1 heterocycles. The van der Waals surface area contributed by atoms with Gasteiger partial charge in [0.25, 0.3) is 5.91 Å². The van der Waals surface area contributed by atoms with Gasteiger partial charge >= 0.3 is 0 Å². The van der Waals surface area contributed by atoms with Crippen LogP contribution in [0.2, 0.25) is 0 Å². The zero-order chi connectivity index (χ0) is 9.42. The van der Waals surface area contributed by atoms with Crippen LogP contribution in [0.3, 0.4) is 0 Å². The molecule has 1 saturated carbocycles. The predicted molar refractivity (Wildman–Crippen MR) is 52.0 cm³/mol. The lowest BCUT2D eigenvalue weighted by Crippen LogP contribution is -2.28. The summed E-state index contributed by atoms with van der Waals surface area (Å²) >= 11 is 1.35. The number of amides is 1. The Morgan fingerprint density at radius 3 is 2.85 bits per heavy atom. The SMILES string of the molecule is Cc1nscc1C(=O)N(C)C1CC1. The summed E-state index contributed by atoms with van der Waals surface area (Å²) in [6.07, 6.45) is 2.30. The molecule has 0 N–H and O–H groups in total. The molecule has 0 saturated heterocycles. The van der Waals surface area contributed by atoms with Crippen LogP contribution >= 0.6 is 11.5 Å². The molecule has 2 rings (SSSR count). The predicted octanol–water partition coefficient (Wildman–Crippen LogP) is 1.69. The lowest BCUT2D eigenvalue weighted by molar-refractivity contribution is 0.0784. The number of rotatable bonds is 2. The molecular formula is C9H12N2OS. The number of hydrogen-bond acceptors (Lipinski definition) is 3. The third-order valence-corrected chi connectivity index (χ3v) is 3.12. The Morgan fingerprint density at radius 1 is 1.69 bits per heavy atom. The van der Waals surface area contributed by atoms with Gasteiger partial charge in [0, 0.05) is 18.5 Å². The summed E-state index contributed by atoms with van der Waals surface area (Å²) in [6.45, 7) is 1.88. The fraction of sp³-hybridized carbons (Fsp3) is 0.556. The molecule has 0 aromatic carbocycles. The lowest BCUT2D eigenvalue weighted by Gasteiger charge is -2.15. The molecule has 0 unspecified atom stereocenters. The van der Waals surface area contributed by atoms with Crippen molar-refractivity contribution in [1.82, 2.24) is 9.27 Å². The van der Waals surface area contributed by atoms with E-state index in [0.29, 0.717) is 6.04 Å². The Morgan fingerprint density at radius 2 is 2.38 bits per heavy atom. The summed E-state index contributed by atoms with van der Waals surface area (Å²) in [6, 6.07) is 0.479. The van der Waals surface area contributed by atoms with E-state index < -0.39 is 0 Å². The molecule has 0 atom stereocenters. The van der Waals surface area contributed by atoms with Crippen molar-refractivity contribution in [2.45, 2.75) is 25.8 Å². The van der Waals surface area contributed by atoms with E-state index in [2.05, 4.69) is 4.37 Å². The molecule has 0 aliphatic heterocycles. The number of nitrogens with zero attached hydrogens (tertiary/aromatic N) is 2. The molecule has 13 heavy (non-hydrogen) atoms. The summed E-state index contributed by atoms with van der Waals surface area (Å²) in [7, 11) is 1.87. The van der Waals surface area contributed by atoms with Gasteiger partial charge in [0.1, 0.15) is 0 Å². The maximum Gasteiger partial charge on any atom is 0.256 e. The van der Waals surface area contributed by atoms with E-state index in [1.54, 1.807) is 0 Å². The van der Waals surface area contributed by atoms with Crippen molar-refractivity contribution in [3.8, 4) is 0 Å². The number of carbonyl (C=O) groups is 1. The third-order valence-electron chi connectivity index (χ3n) is 2.40. The second-order valence-corrected chi connectivity index (χ2v) is 4.09. The van der Waals surface area contributed by atoms with Gasteiger partial charge in [0.2, 0.25) is 0 Å². The van der Waals surface area contributed by atoms with Crippen molar-refractivity contribution in [1.29, 1.82) is 0 Å². The second-order valence-electron chi connectivity index (χ2n) is 3.46. The highest BCUT2D eigenvalue weighted by atomic mass is 32.1. The Hall–Kier alpha value is -0.900. The lowest BCUT2D eigenvalue weighted by atomic mass is 10.2. The van der Waals surface area contributed by atoms with Crippen molar-refractivity contribution >= 4 is 17.4 Å². The first-order valence-corrected chi connectivity index (χ1v) is 5.22. The van der Waals surface area contributed by atoms with Crippen LogP contribution in [0.15, 0.2) is 5.38 Å². The van der Waals surface area contributed by atoms with Crippen molar-refractivity contribution < 1.29 is 4.79 Å². The Kier molecular flexibility index (Phi) is 2.07. The summed E-state index contributed by atoms with van der Waals surface area (Å²) in [5.41, 5.74) is 1.61. The zero-order valence-electron chi connectivity index (χ0n) is 7.78. The number of aromatic nitrogens is 1. The average Bonchev–Trinajstić information content (AvgIpc) is 2.87. The van der Waals surface area contributed by atoms with Crippen LogP contribution in [-0.2, 0) is 0 Å². The van der Waals surface area contributed by atoms with Gasteiger partial charge in [-0.05, 0) is 31.3 Å². The molecule has 3 nitrogen and oxygen atoms in total. The molecule has 1 aliphatic carbocycles. The van der Waals surface area contributed by atoms with Gasteiger partial charge in [-0.1, -0.05) is 0 Å². The maximum atomic E-state index is 11.8. The smallest absolute Gasteiger partial charge is 0.256 e. The van der Waals surface area contributed by atoms with Crippen molar-refractivity contribution in [2.75, 3.05) is 7.05 Å². The highest BCUT2D eigenvalue weighted by molar-refractivity contribution is 7.03. The van der Waals surface area contributed by atoms with Gasteiger partial charge < -0.3 is 4.90 Å². The molecule has 0 spiro atoms. The van der Waals surface area contributed by atoms with E-state index in [1.165, 1.54) is 11.5 Å². The van der Waals surface area contributed by atoms with Crippen LogP contribution in [-0.4, -0.2) is 28.3 Å². The minimum Gasteiger partial charge on any atom is -0.339 e. The first-order valence-electron chi connectivity index (χ1n) is 4.38. The van der Waals surface area contributed by atoms with Crippen LogP contribution in [0.25, 0.3) is 0 Å². The highest BCUT2D eigenvalue weighted by Crippen LogP contribution is 2.27. The molecule has 0 radical (unpaired) electrons. The fourth-order valence-corrected chi connectivity index (χ4v) is 2.00. The molecule has 70 valence electrons. The molecule has 1 aromatic heterocycles. The van der Waals surface area contributed by atoms with E-state index in [9.17, 15) is 4.79 Å². The number of carbonyl (C=O) groups excluding carboxylic acids is 1. The Bertz CT molecular complexity index is 330. The largest absolute Gasteiger partial charge is 0.339 e. The molecule has 1 fully saturated rings. The van der Waals surface area contributed by atoms with Crippen LogP contribution < -0.4 is 0 Å². The number of aryl methyl sites for hydroxylation is 1. The Balaban J connectivity index is 2.16. The first kappa shape index (κ1) is 8.69. The van der Waals surface area contributed by atoms with Gasteiger partial charge in [-0.3, -0.25) is 4.79 Å². The standard InChI is InChI=1S/C9H12N2OS/c1-6-8(5-13-10-6)9(12)11(2)7-3-4-7/h5,7H,3-4H2,1-2H3. The quantitative estimate of drug-likeness (QED) is 0.721. The van der Waals surface area contributed by atoms with Crippen LogP contribution in [0.4, 0.5) is 0 Å². The fourth-order valence-electron chi connectivity index (χ4n) is 1.32. The summed E-state index contributed by atoms with van der Waals surface area (Å²) in [5.74, 6) is 0.119. The minimum atomic E-state index is 0.119. The van der Waals surface area contributed by atoms with Crippen LogP contribution in [0, 0.1) is 6.92 Å². The third kappa shape index (κ3) is 1.58. The molecule has 1 aliphatic rings. The van der Waals surface area contributed by atoms with Gasteiger partial charge in [-0.2, -0.15) is 4.37 Å². The monoisotopic (exact) mass is 196 g/mol. The molecular weight excluding hydrogens is 184 g/mol. The number of hydrogen-bond donors (Lipinski definition) is 0. The van der Waals surface area contributed by atoms with E-state index >= 15 is 0 Å². The minimum absolute atomic E-state index is 0.119. The van der Waals surface area contributed by atoms with Crippen molar-refractivity contribution in [3.05, 3.63) is 16.6 Å². The van der Waals surface area contributed by atoms with E-state index in [0.717, 1.165) is 24.1 Å².